The summed E-state index contributed by atoms with van der Waals surface area (Å²) in [6.07, 6.45) is 1.86. The van der Waals surface area contributed by atoms with E-state index in [4.69, 9.17) is 4.98 Å². The van der Waals surface area contributed by atoms with Crippen LogP contribution in [-0.2, 0) is 0 Å². The maximum absolute atomic E-state index is 4.76. The van der Waals surface area contributed by atoms with Crippen molar-refractivity contribution in [2.45, 2.75) is 13.8 Å². The molecule has 1 saturated heterocycles. The van der Waals surface area contributed by atoms with E-state index in [-0.39, 0.29) is 0 Å². The molecule has 0 atom stereocenters. The van der Waals surface area contributed by atoms with Crippen molar-refractivity contribution in [2.24, 2.45) is 0 Å². The fraction of sp³-hybridized carbons (Fsp3) is 0.286. The minimum Gasteiger partial charge on any atom is -0.352 e. The first-order valence-electron chi connectivity index (χ1n) is 9.76. The van der Waals surface area contributed by atoms with Crippen LogP contribution in [0.4, 0.5) is 11.6 Å². The normalized spacial score (nSPS) is 14.6. The largest absolute Gasteiger partial charge is 0.352 e. The Labute approximate surface area is 168 Å². The zero-order valence-corrected chi connectivity index (χ0v) is 16.5. The van der Waals surface area contributed by atoms with Crippen LogP contribution in [0.15, 0.2) is 48.7 Å². The second kappa shape index (κ2) is 7.12. The van der Waals surface area contributed by atoms with Crippen LogP contribution in [0.5, 0.6) is 0 Å². The lowest BCUT2D eigenvalue weighted by Crippen LogP contribution is -2.47. The molecule has 5 rings (SSSR count). The molecule has 1 fully saturated rings. The summed E-state index contributed by atoms with van der Waals surface area (Å²) in [6.45, 7) is 7.46. The summed E-state index contributed by atoms with van der Waals surface area (Å²) in [5, 5.41) is 13.3. The SMILES string of the molecule is Cc1cc(C)n(-c2ccc(N3CCN(c4cnc5ccccc5n4)CC3)nn2)n1. The zero-order chi connectivity index (χ0) is 19.8. The fourth-order valence-electron chi connectivity index (χ4n) is 3.73. The van der Waals surface area contributed by atoms with Gasteiger partial charge in [0.15, 0.2) is 11.6 Å². The molecule has 8 nitrogen and oxygen atoms in total. The molecule has 0 amide bonds. The van der Waals surface area contributed by atoms with E-state index in [0.29, 0.717) is 0 Å². The summed E-state index contributed by atoms with van der Waals surface area (Å²) in [4.78, 5) is 13.8. The van der Waals surface area contributed by atoms with Gasteiger partial charge in [0.25, 0.3) is 0 Å². The second-order valence-corrected chi connectivity index (χ2v) is 7.28. The average molecular weight is 386 g/mol. The van der Waals surface area contributed by atoms with Gasteiger partial charge in [-0.2, -0.15) is 5.10 Å². The van der Waals surface area contributed by atoms with E-state index in [1.165, 1.54) is 0 Å². The van der Waals surface area contributed by atoms with Gasteiger partial charge in [-0.15, -0.1) is 10.2 Å². The van der Waals surface area contributed by atoms with Gasteiger partial charge in [-0.3, -0.25) is 4.98 Å². The summed E-state index contributed by atoms with van der Waals surface area (Å²) in [5.74, 6) is 2.55. The lowest BCUT2D eigenvalue weighted by atomic mass is 10.3. The van der Waals surface area contributed by atoms with E-state index in [2.05, 4.69) is 30.1 Å². The van der Waals surface area contributed by atoms with Crippen molar-refractivity contribution in [3.8, 4) is 5.82 Å². The monoisotopic (exact) mass is 386 g/mol. The number of benzene rings is 1. The van der Waals surface area contributed by atoms with Crippen LogP contribution in [0.2, 0.25) is 0 Å². The van der Waals surface area contributed by atoms with Gasteiger partial charge in [0.2, 0.25) is 0 Å². The van der Waals surface area contributed by atoms with Crippen molar-refractivity contribution in [1.82, 2.24) is 29.9 Å². The highest BCUT2D eigenvalue weighted by Crippen LogP contribution is 2.20. The van der Waals surface area contributed by atoms with Gasteiger partial charge in [-0.05, 0) is 44.2 Å². The number of piperazine rings is 1. The molecule has 0 saturated carbocycles. The minimum atomic E-state index is 0.740. The molecule has 0 radical (unpaired) electrons. The Morgan fingerprint density at radius 3 is 2.07 bits per heavy atom. The lowest BCUT2D eigenvalue weighted by molar-refractivity contribution is 0.636. The summed E-state index contributed by atoms with van der Waals surface area (Å²) in [6, 6.07) is 14.0. The fourth-order valence-corrected chi connectivity index (χ4v) is 3.73. The van der Waals surface area contributed by atoms with Crippen molar-refractivity contribution < 1.29 is 0 Å². The van der Waals surface area contributed by atoms with Crippen molar-refractivity contribution in [2.75, 3.05) is 36.0 Å². The summed E-state index contributed by atoms with van der Waals surface area (Å²) in [7, 11) is 0. The molecular formula is C21H22N8. The van der Waals surface area contributed by atoms with Crippen molar-refractivity contribution >= 4 is 22.7 Å². The summed E-state index contributed by atoms with van der Waals surface area (Å²) >= 11 is 0. The number of hydrogen-bond donors (Lipinski definition) is 0. The quantitative estimate of drug-likeness (QED) is 0.535. The highest BCUT2D eigenvalue weighted by Gasteiger charge is 2.20. The van der Waals surface area contributed by atoms with Crippen molar-refractivity contribution in [3.63, 3.8) is 0 Å². The smallest absolute Gasteiger partial charge is 0.176 e. The number of nitrogens with zero attached hydrogens (tertiary/aromatic N) is 8. The van der Waals surface area contributed by atoms with Crippen LogP contribution in [0, 0.1) is 13.8 Å². The van der Waals surface area contributed by atoms with E-state index in [9.17, 15) is 0 Å². The van der Waals surface area contributed by atoms with Gasteiger partial charge in [0.05, 0.1) is 22.9 Å². The van der Waals surface area contributed by atoms with Crippen LogP contribution in [0.3, 0.4) is 0 Å². The highest BCUT2D eigenvalue weighted by atomic mass is 15.4. The van der Waals surface area contributed by atoms with Gasteiger partial charge < -0.3 is 9.80 Å². The molecule has 0 bridgehead atoms. The first kappa shape index (κ1) is 17.5. The van der Waals surface area contributed by atoms with Crippen molar-refractivity contribution in [1.29, 1.82) is 0 Å². The van der Waals surface area contributed by atoms with Gasteiger partial charge in [0.1, 0.15) is 5.82 Å². The molecule has 29 heavy (non-hydrogen) atoms. The van der Waals surface area contributed by atoms with E-state index in [0.717, 1.165) is 66.1 Å². The van der Waals surface area contributed by atoms with Crippen LogP contribution in [-0.4, -0.2) is 56.1 Å². The Balaban J connectivity index is 1.28. The second-order valence-electron chi connectivity index (χ2n) is 7.28. The number of rotatable bonds is 3. The first-order chi connectivity index (χ1) is 14.2. The Morgan fingerprint density at radius 2 is 1.41 bits per heavy atom. The molecule has 1 aliphatic rings. The maximum Gasteiger partial charge on any atom is 0.176 e. The highest BCUT2D eigenvalue weighted by molar-refractivity contribution is 5.75. The van der Waals surface area contributed by atoms with Crippen LogP contribution < -0.4 is 9.80 Å². The molecule has 0 N–H and O–H groups in total. The van der Waals surface area contributed by atoms with Gasteiger partial charge in [-0.1, -0.05) is 12.1 Å². The standard InChI is InChI=1S/C21H22N8/c1-15-13-16(2)29(26-15)20-8-7-19(24-25-20)27-9-11-28(12-10-27)21-14-22-17-5-3-4-6-18(17)23-21/h3-8,13-14H,9-12H2,1-2H3. The predicted octanol–water partition coefficient (Wildman–Crippen LogP) is 2.55. The molecule has 1 aromatic carbocycles. The molecule has 146 valence electrons. The van der Waals surface area contributed by atoms with E-state index in [1.807, 2.05) is 67.2 Å². The third-order valence-corrected chi connectivity index (χ3v) is 5.23. The Hall–Kier alpha value is -3.55. The molecule has 4 aromatic rings. The third-order valence-electron chi connectivity index (χ3n) is 5.23. The first-order valence-corrected chi connectivity index (χ1v) is 9.76. The predicted molar refractivity (Wildman–Crippen MR) is 113 cm³/mol. The molecule has 0 spiro atoms. The Bertz CT molecular complexity index is 1140. The molecule has 8 heteroatoms. The molecule has 1 aliphatic heterocycles. The summed E-state index contributed by atoms with van der Waals surface area (Å²) < 4.78 is 1.82. The number of anilines is 2. The Kier molecular flexibility index (Phi) is 4.31. The van der Waals surface area contributed by atoms with Gasteiger partial charge in [-0.25, -0.2) is 9.67 Å². The zero-order valence-electron chi connectivity index (χ0n) is 16.5. The number of aromatic nitrogens is 6. The third kappa shape index (κ3) is 3.37. The molecule has 0 unspecified atom stereocenters. The van der Waals surface area contributed by atoms with Crippen molar-refractivity contribution in [3.05, 3.63) is 60.0 Å². The van der Waals surface area contributed by atoms with Crippen LogP contribution >= 0.6 is 0 Å². The number of para-hydroxylation sites is 2. The van der Waals surface area contributed by atoms with E-state index < -0.39 is 0 Å². The van der Waals surface area contributed by atoms with Gasteiger partial charge >= 0.3 is 0 Å². The molecule has 3 aromatic heterocycles. The number of hydrogen-bond acceptors (Lipinski definition) is 7. The molecule has 4 heterocycles. The number of aryl methyl sites for hydroxylation is 2. The number of fused-ring (bicyclic) bond motifs is 1. The topological polar surface area (TPSA) is 75.9 Å². The van der Waals surface area contributed by atoms with Crippen LogP contribution in [0.25, 0.3) is 16.9 Å². The van der Waals surface area contributed by atoms with E-state index >= 15 is 0 Å². The molecule has 0 aliphatic carbocycles. The summed E-state index contributed by atoms with van der Waals surface area (Å²) in [5.41, 5.74) is 3.88. The van der Waals surface area contributed by atoms with Gasteiger partial charge in [0, 0.05) is 31.9 Å². The Morgan fingerprint density at radius 1 is 0.759 bits per heavy atom. The van der Waals surface area contributed by atoms with Crippen LogP contribution in [0.1, 0.15) is 11.4 Å². The average Bonchev–Trinajstić information content (AvgIpc) is 3.11. The maximum atomic E-state index is 4.76. The minimum absolute atomic E-state index is 0.740. The van der Waals surface area contributed by atoms with E-state index in [1.54, 1.807) is 0 Å². The molecular weight excluding hydrogens is 364 g/mol. The lowest BCUT2D eigenvalue weighted by Gasteiger charge is -2.35.